The van der Waals surface area contributed by atoms with Crippen LogP contribution in [0, 0.1) is 29.0 Å². The number of anilines is 1. The Labute approximate surface area is 218 Å². The van der Waals surface area contributed by atoms with E-state index in [4.69, 9.17) is 10.7 Å². The minimum absolute atomic E-state index is 0.0326. The van der Waals surface area contributed by atoms with Gasteiger partial charge < -0.3 is 10.6 Å². The summed E-state index contributed by atoms with van der Waals surface area (Å²) in [6.07, 6.45) is 1.75. The van der Waals surface area contributed by atoms with Gasteiger partial charge in [0.2, 0.25) is 5.95 Å². The number of halogens is 1. The maximum atomic E-state index is 14.8. The normalized spacial score (nSPS) is 15.2. The van der Waals surface area contributed by atoms with Gasteiger partial charge in [0.25, 0.3) is 5.56 Å². The van der Waals surface area contributed by atoms with Gasteiger partial charge >= 0.3 is 5.69 Å². The number of nitriles is 1. The summed E-state index contributed by atoms with van der Waals surface area (Å²) in [6.45, 7) is 2.70. The molecule has 1 unspecified atom stereocenters. The third kappa shape index (κ3) is 4.36. The zero-order valence-corrected chi connectivity index (χ0v) is 20.9. The molecule has 2 aromatic heterocycles. The van der Waals surface area contributed by atoms with Crippen LogP contribution in [-0.2, 0) is 13.1 Å². The molecule has 0 saturated carbocycles. The average molecular weight is 512 g/mol. The van der Waals surface area contributed by atoms with Gasteiger partial charge in [0.05, 0.1) is 30.4 Å². The predicted octanol–water partition coefficient (Wildman–Crippen LogP) is 2.36. The van der Waals surface area contributed by atoms with Crippen molar-refractivity contribution in [2.24, 2.45) is 5.73 Å². The van der Waals surface area contributed by atoms with E-state index in [0.717, 1.165) is 17.4 Å². The van der Waals surface area contributed by atoms with Crippen LogP contribution >= 0.6 is 0 Å². The SMILES string of the molecule is CC#CCn1c(N2CCCC(N)C2)nc2c1c(=O)n(Cc1c(F)cccc1C#N)c(=O)n2-c1ccccc1. The number of fused-ring (bicyclic) bond motifs is 1. The number of aromatic nitrogens is 4. The second-order valence-corrected chi connectivity index (χ2v) is 9.17. The minimum atomic E-state index is -0.686. The molecule has 1 fully saturated rings. The van der Waals surface area contributed by atoms with Gasteiger partial charge in [-0.3, -0.25) is 13.9 Å². The number of hydrogen-bond donors (Lipinski definition) is 1. The Morgan fingerprint density at radius 2 is 1.92 bits per heavy atom. The standard InChI is InChI=1S/C28H26FN7O2/c1-2-3-15-34-24-25(32-27(34)33-14-8-10-20(31)17-33)36(21-11-5-4-6-12-21)28(38)35(26(24)37)18-22-19(16-30)9-7-13-23(22)29/h4-7,9,11-13,20H,8,10,14-15,17-18,31H2,1H3. The third-order valence-corrected chi connectivity index (χ3v) is 6.74. The summed E-state index contributed by atoms with van der Waals surface area (Å²) in [7, 11) is 0. The first-order valence-electron chi connectivity index (χ1n) is 12.3. The summed E-state index contributed by atoms with van der Waals surface area (Å²) in [4.78, 5) is 34.7. The van der Waals surface area contributed by atoms with Gasteiger partial charge in [-0.1, -0.05) is 30.2 Å². The van der Waals surface area contributed by atoms with E-state index in [0.29, 0.717) is 24.7 Å². The second kappa shape index (κ2) is 10.4. The first-order valence-corrected chi connectivity index (χ1v) is 12.3. The molecule has 0 aliphatic carbocycles. The van der Waals surface area contributed by atoms with Crippen molar-refractivity contribution < 1.29 is 4.39 Å². The molecule has 1 atom stereocenters. The van der Waals surface area contributed by atoms with E-state index in [9.17, 15) is 19.2 Å². The Morgan fingerprint density at radius 1 is 1.13 bits per heavy atom. The van der Waals surface area contributed by atoms with Crippen molar-refractivity contribution >= 4 is 17.1 Å². The molecule has 9 nitrogen and oxygen atoms in total. The van der Waals surface area contributed by atoms with Crippen molar-refractivity contribution in [3.63, 3.8) is 0 Å². The van der Waals surface area contributed by atoms with E-state index in [1.807, 2.05) is 17.0 Å². The number of para-hydroxylation sites is 1. The van der Waals surface area contributed by atoms with Gasteiger partial charge in [0, 0.05) is 24.7 Å². The van der Waals surface area contributed by atoms with Crippen LogP contribution in [-0.4, -0.2) is 37.8 Å². The van der Waals surface area contributed by atoms with Gasteiger partial charge in [0.1, 0.15) is 5.82 Å². The molecule has 2 N–H and O–H groups in total. The molecule has 2 aromatic carbocycles. The molecule has 1 aliphatic rings. The van der Waals surface area contributed by atoms with Gasteiger partial charge in [-0.25, -0.2) is 13.8 Å². The molecular formula is C28H26FN7O2. The number of imidazole rings is 1. The molecular weight excluding hydrogens is 485 g/mol. The van der Waals surface area contributed by atoms with E-state index >= 15 is 0 Å². The molecule has 3 heterocycles. The van der Waals surface area contributed by atoms with Crippen molar-refractivity contribution in [2.75, 3.05) is 18.0 Å². The first kappa shape index (κ1) is 25.0. The molecule has 10 heteroatoms. The fraction of sp³-hybridized carbons (Fsp3) is 0.286. The summed E-state index contributed by atoms with van der Waals surface area (Å²) in [5.41, 5.74) is 5.79. The van der Waals surface area contributed by atoms with Crippen LogP contribution in [0.25, 0.3) is 16.9 Å². The van der Waals surface area contributed by atoms with Crippen molar-refractivity contribution in [1.29, 1.82) is 5.26 Å². The van der Waals surface area contributed by atoms with E-state index < -0.39 is 23.6 Å². The lowest BCUT2D eigenvalue weighted by molar-refractivity contribution is 0.496. The monoisotopic (exact) mass is 511 g/mol. The topological polar surface area (TPSA) is 115 Å². The molecule has 1 saturated heterocycles. The molecule has 4 aromatic rings. The highest BCUT2D eigenvalue weighted by atomic mass is 19.1. The van der Waals surface area contributed by atoms with Crippen LogP contribution in [0.15, 0.2) is 58.1 Å². The zero-order valence-electron chi connectivity index (χ0n) is 20.9. The molecule has 5 rings (SSSR count). The predicted molar refractivity (Wildman–Crippen MR) is 143 cm³/mol. The van der Waals surface area contributed by atoms with Gasteiger partial charge in [-0.15, -0.1) is 5.92 Å². The second-order valence-electron chi connectivity index (χ2n) is 9.17. The summed E-state index contributed by atoms with van der Waals surface area (Å²) in [5.74, 6) is 5.70. The highest BCUT2D eigenvalue weighted by molar-refractivity contribution is 5.77. The number of benzene rings is 2. The fourth-order valence-corrected chi connectivity index (χ4v) is 4.89. The van der Waals surface area contributed by atoms with E-state index in [-0.39, 0.29) is 34.9 Å². The highest BCUT2D eigenvalue weighted by Crippen LogP contribution is 2.25. The lowest BCUT2D eigenvalue weighted by atomic mass is 10.1. The zero-order chi connectivity index (χ0) is 26.8. The third-order valence-electron chi connectivity index (χ3n) is 6.74. The number of nitrogens with two attached hydrogens (primary N) is 1. The minimum Gasteiger partial charge on any atom is -0.341 e. The van der Waals surface area contributed by atoms with Crippen molar-refractivity contribution in [3.8, 4) is 23.6 Å². The Hall–Kier alpha value is -4.67. The summed E-state index contributed by atoms with van der Waals surface area (Å²) < 4.78 is 18.8. The average Bonchev–Trinajstić information content (AvgIpc) is 3.30. The Morgan fingerprint density at radius 3 is 2.63 bits per heavy atom. The van der Waals surface area contributed by atoms with Crippen LogP contribution in [0.2, 0.25) is 0 Å². The van der Waals surface area contributed by atoms with Gasteiger partial charge in [0.15, 0.2) is 11.2 Å². The number of piperidine rings is 1. The van der Waals surface area contributed by atoms with Crippen molar-refractivity contribution in [2.45, 2.75) is 38.9 Å². The quantitative estimate of drug-likeness (QED) is 0.412. The molecule has 192 valence electrons. The lowest BCUT2D eigenvalue weighted by Gasteiger charge is -2.31. The summed E-state index contributed by atoms with van der Waals surface area (Å²) >= 11 is 0. The summed E-state index contributed by atoms with van der Waals surface area (Å²) in [6, 6.07) is 14.8. The van der Waals surface area contributed by atoms with Crippen LogP contribution < -0.4 is 21.9 Å². The van der Waals surface area contributed by atoms with Crippen LogP contribution in [0.5, 0.6) is 0 Å². The first-order chi connectivity index (χ1) is 18.4. The van der Waals surface area contributed by atoms with Crippen molar-refractivity contribution in [1.82, 2.24) is 18.7 Å². The maximum Gasteiger partial charge on any atom is 0.337 e. The smallest absolute Gasteiger partial charge is 0.337 e. The molecule has 38 heavy (non-hydrogen) atoms. The van der Waals surface area contributed by atoms with Gasteiger partial charge in [-0.2, -0.15) is 10.2 Å². The number of hydrogen-bond acceptors (Lipinski definition) is 6. The van der Waals surface area contributed by atoms with Crippen molar-refractivity contribution in [3.05, 3.63) is 86.3 Å². The Bertz CT molecular complexity index is 1740. The molecule has 1 aliphatic heterocycles. The lowest BCUT2D eigenvalue weighted by Crippen LogP contribution is -2.44. The highest BCUT2D eigenvalue weighted by Gasteiger charge is 2.27. The van der Waals surface area contributed by atoms with E-state index in [2.05, 4.69) is 11.8 Å². The molecule has 0 bridgehead atoms. The van der Waals surface area contributed by atoms with Crippen LogP contribution in [0.4, 0.5) is 10.3 Å². The number of nitrogens with zero attached hydrogens (tertiary/aromatic N) is 6. The summed E-state index contributed by atoms with van der Waals surface area (Å²) in [5, 5.41) is 9.54. The van der Waals surface area contributed by atoms with Crippen LogP contribution in [0.1, 0.15) is 30.9 Å². The Balaban J connectivity index is 1.85. The van der Waals surface area contributed by atoms with E-state index in [1.54, 1.807) is 35.8 Å². The van der Waals surface area contributed by atoms with Crippen LogP contribution in [0.3, 0.4) is 0 Å². The molecule has 0 radical (unpaired) electrons. The van der Waals surface area contributed by atoms with Gasteiger partial charge in [-0.05, 0) is 44.0 Å². The fourth-order valence-electron chi connectivity index (χ4n) is 4.89. The number of rotatable bonds is 5. The maximum absolute atomic E-state index is 14.8. The largest absolute Gasteiger partial charge is 0.341 e. The molecule has 0 amide bonds. The van der Waals surface area contributed by atoms with E-state index in [1.165, 1.54) is 22.8 Å². The molecule has 0 spiro atoms. The Kier molecular flexibility index (Phi) is 6.82.